The van der Waals surface area contributed by atoms with Gasteiger partial charge in [0.1, 0.15) is 11.9 Å². The number of carbonyl (C=O) groups is 1. The van der Waals surface area contributed by atoms with Crippen LogP contribution in [0, 0.1) is 10.1 Å². The first-order valence-electron chi connectivity index (χ1n) is 9.03. The number of anilines is 1. The molecule has 0 unspecified atom stereocenters. The highest BCUT2D eigenvalue weighted by Crippen LogP contribution is 2.31. The van der Waals surface area contributed by atoms with Crippen molar-refractivity contribution >= 4 is 79.3 Å². The number of nitro benzene ring substituents is 1. The summed E-state index contributed by atoms with van der Waals surface area (Å²) in [6, 6.07) is 8.93. The van der Waals surface area contributed by atoms with Crippen LogP contribution in [0.15, 0.2) is 59.3 Å². The van der Waals surface area contributed by atoms with Crippen LogP contribution in [0.3, 0.4) is 0 Å². The van der Waals surface area contributed by atoms with Crippen LogP contribution in [0.2, 0.25) is 0 Å². The van der Waals surface area contributed by atoms with Gasteiger partial charge in [-0.05, 0) is 30.4 Å². The summed E-state index contributed by atoms with van der Waals surface area (Å²) in [5, 5.41) is 19.4. The number of nitrogens with one attached hydrogen (secondary N) is 3. The molecule has 0 bridgehead atoms. The zero-order chi connectivity index (χ0) is 25.7. The van der Waals surface area contributed by atoms with Gasteiger partial charge in [-0.15, -0.1) is 0 Å². The Hall–Kier alpha value is -2.64. The molecule has 0 heterocycles. The number of nitro groups is 1. The van der Waals surface area contributed by atoms with E-state index in [1.807, 2.05) is 0 Å². The van der Waals surface area contributed by atoms with Crippen molar-refractivity contribution in [1.82, 2.24) is 10.6 Å². The molecular weight excluding hydrogens is 551 g/mol. The molecule has 0 spiro atoms. The fourth-order valence-electron chi connectivity index (χ4n) is 2.51. The standard InChI is InChI=1S/C19H17Cl3N4O6S2/c1-3-34(30,31)13-7-8-14(15(10-13)32-2)23-18(33)25-17(19(20,21)22)24-16(27)11-5-4-6-12(9-11)26(28)29/h3-10,17H,1H2,2H3,(H,24,27)(H2,23,25,33)/t17-/m0/s1. The van der Waals surface area contributed by atoms with Gasteiger partial charge in [0.2, 0.25) is 3.79 Å². The van der Waals surface area contributed by atoms with Gasteiger partial charge >= 0.3 is 0 Å². The second kappa shape index (κ2) is 11.2. The van der Waals surface area contributed by atoms with E-state index >= 15 is 0 Å². The summed E-state index contributed by atoms with van der Waals surface area (Å²) in [5.41, 5.74) is -0.0665. The molecule has 2 rings (SSSR count). The third-order valence-corrected chi connectivity index (χ3v) is 6.39. The largest absolute Gasteiger partial charge is 0.495 e. The Morgan fingerprint density at radius 2 is 1.91 bits per heavy atom. The maximum atomic E-state index is 12.6. The number of carbonyl (C=O) groups excluding carboxylic acids is 1. The number of hydrogen-bond donors (Lipinski definition) is 3. The lowest BCUT2D eigenvalue weighted by atomic mass is 10.2. The van der Waals surface area contributed by atoms with Crippen molar-refractivity contribution < 1.29 is 22.9 Å². The van der Waals surface area contributed by atoms with Crippen LogP contribution in [0.1, 0.15) is 10.4 Å². The summed E-state index contributed by atoms with van der Waals surface area (Å²) >= 11 is 23.1. The zero-order valence-electron chi connectivity index (χ0n) is 17.3. The maximum Gasteiger partial charge on any atom is 0.270 e. The van der Waals surface area contributed by atoms with E-state index in [-0.39, 0.29) is 32.7 Å². The highest BCUT2D eigenvalue weighted by Gasteiger charge is 2.35. The minimum Gasteiger partial charge on any atom is -0.495 e. The van der Waals surface area contributed by atoms with Gasteiger partial charge in [-0.3, -0.25) is 14.9 Å². The van der Waals surface area contributed by atoms with Gasteiger partial charge in [0.25, 0.3) is 11.6 Å². The number of hydrogen-bond acceptors (Lipinski definition) is 7. The molecule has 0 fully saturated rings. The van der Waals surface area contributed by atoms with Crippen molar-refractivity contribution in [2.75, 3.05) is 12.4 Å². The first-order chi connectivity index (χ1) is 15.8. The lowest BCUT2D eigenvalue weighted by molar-refractivity contribution is -0.384. The van der Waals surface area contributed by atoms with Gasteiger partial charge in [-0.1, -0.05) is 47.4 Å². The first kappa shape index (κ1) is 27.6. The molecule has 182 valence electrons. The fourth-order valence-corrected chi connectivity index (χ4v) is 3.79. The summed E-state index contributed by atoms with van der Waals surface area (Å²) in [7, 11) is -2.37. The molecule has 2 aromatic rings. The summed E-state index contributed by atoms with van der Waals surface area (Å²) in [6.45, 7) is 3.27. The molecule has 15 heteroatoms. The lowest BCUT2D eigenvalue weighted by Crippen LogP contribution is -2.56. The molecule has 3 N–H and O–H groups in total. The quantitative estimate of drug-likeness (QED) is 0.142. The Kier molecular flexibility index (Phi) is 9.08. The summed E-state index contributed by atoms with van der Waals surface area (Å²) in [5.74, 6) is -0.634. The smallest absolute Gasteiger partial charge is 0.270 e. The Bertz CT molecular complexity index is 1230. The van der Waals surface area contributed by atoms with Crippen molar-refractivity contribution in [3.8, 4) is 5.75 Å². The molecule has 0 aliphatic rings. The Morgan fingerprint density at radius 1 is 1.24 bits per heavy atom. The van der Waals surface area contributed by atoms with Gasteiger partial charge in [-0.25, -0.2) is 8.42 Å². The van der Waals surface area contributed by atoms with Crippen molar-refractivity contribution in [2.45, 2.75) is 14.9 Å². The number of amides is 1. The van der Waals surface area contributed by atoms with E-state index in [9.17, 15) is 23.3 Å². The van der Waals surface area contributed by atoms with Gasteiger partial charge in [-0.2, -0.15) is 0 Å². The van der Waals surface area contributed by atoms with E-state index in [1.54, 1.807) is 0 Å². The molecule has 0 radical (unpaired) electrons. The second-order valence-corrected chi connectivity index (χ2v) is 11.1. The summed E-state index contributed by atoms with van der Waals surface area (Å²) in [4.78, 5) is 22.8. The first-order valence-corrected chi connectivity index (χ1v) is 12.1. The molecule has 0 aliphatic heterocycles. The second-order valence-electron chi connectivity index (χ2n) is 6.43. The van der Waals surface area contributed by atoms with Crippen molar-refractivity contribution in [3.63, 3.8) is 0 Å². The number of benzene rings is 2. The molecule has 34 heavy (non-hydrogen) atoms. The van der Waals surface area contributed by atoms with Crippen LogP contribution in [-0.2, 0) is 9.84 Å². The van der Waals surface area contributed by atoms with E-state index in [1.165, 1.54) is 43.5 Å². The summed E-state index contributed by atoms with van der Waals surface area (Å²) in [6.07, 6.45) is -1.37. The third-order valence-electron chi connectivity index (χ3n) is 4.17. The van der Waals surface area contributed by atoms with Crippen LogP contribution < -0.4 is 20.7 Å². The number of sulfone groups is 1. The number of thiocarbonyl (C=S) groups is 1. The van der Waals surface area contributed by atoms with Crippen LogP contribution in [-0.4, -0.2) is 41.4 Å². The Morgan fingerprint density at radius 3 is 2.47 bits per heavy atom. The molecular formula is C19H17Cl3N4O6S2. The number of ether oxygens (including phenoxy) is 1. The van der Waals surface area contributed by atoms with Crippen molar-refractivity contribution in [1.29, 1.82) is 0 Å². The number of nitrogens with zero attached hydrogens (tertiary/aromatic N) is 1. The highest BCUT2D eigenvalue weighted by molar-refractivity contribution is 7.94. The lowest BCUT2D eigenvalue weighted by Gasteiger charge is -2.28. The molecule has 0 saturated carbocycles. The summed E-state index contributed by atoms with van der Waals surface area (Å²) < 4.78 is 27.1. The van der Waals surface area contributed by atoms with Crippen LogP contribution >= 0.6 is 47.0 Å². The topological polar surface area (TPSA) is 140 Å². The van der Waals surface area contributed by atoms with Gasteiger partial charge in [0, 0.05) is 29.2 Å². The molecule has 10 nitrogen and oxygen atoms in total. The van der Waals surface area contributed by atoms with E-state index in [0.717, 1.165) is 11.5 Å². The van der Waals surface area contributed by atoms with Crippen molar-refractivity contribution in [3.05, 3.63) is 70.1 Å². The van der Waals surface area contributed by atoms with Crippen molar-refractivity contribution in [2.24, 2.45) is 0 Å². The Labute approximate surface area is 215 Å². The molecule has 1 amide bonds. The molecule has 0 aromatic heterocycles. The van der Waals surface area contributed by atoms with Crippen LogP contribution in [0.5, 0.6) is 5.75 Å². The minimum absolute atomic E-state index is 0.0465. The molecule has 2 aromatic carbocycles. The van der Waals surface area contributed by atoms with Gasteiger partial charge in [0.05, 0.1) is 22.6 Å². The predicted octanol–water partition coefficient (Wildman–Crippen LogP) is 3.93. The van der Waals surface area contributed by atoms with E-state index < -0.39 is 30.6 Å². The number of non-ortho nitro benzene ring substituents is 1. The molecule has 0 aliphatic carbocycles. The minimum atomic E-state index is -3.70. The highest BCUT2D eigenvalue weighted by atomic mass is 35.6. The normalized spacial score (nSPS) is 12.2. The predicted molar refractivity (Wildman–Crippen MR) is 134 cm³/mol. The van der Waals surface area contributed by atoms with Crippen LogP contribution in [0.25, 0.3) is 0 Å². The van der Waals surface area contributed by atoms with Crippen LogP contribution in [0.4, 0.5) is 11.4 Å². The third kappa shape index (κ3) is 7.18. The number of rotatable bonds is 8. The molecule has 0 saturated heterocycles. The fraction of sp³-hybridized carbons (Fsp3) is 0.158. The van der Waals surface area contributed by atoms with E-state index in [0.29, 0.717) is 0 Å². The van der Waals surface area contributed by atoms with E-state index in [2.05, 4.69) is 22.5 Å². The average Bonchev–Trinajstić information content (AvgIpc) is 2.78. The Balaban J connectivity index is 2.21. The van der Waals surface area contributed by atoms with E-state index in [4.69, 9.17) is 51.8 Å². The molecule has 1 atom stereocenters. The number of methoxy groups -OCH3 is 1. The number of alkyl halides is 3. The maximum absolute atomic E-state index is 12.6. The SMILES string of the molecule is C=CS(=O)(=O)c1ccc(NC(=S)N[C@H](NC(=O)c2cccc([N+](=O)[O-])c2)C(Cl)(Cl)Cl)c(OC)c1. The van der Waals surface area contributed by atoms with Gasteiger partial charge in [0.15, 0.2) is 14.9 Å². The number of halogens is 3. The average molecular weight is 568 g/mol. The van der Waals surface area contributed by atoms with Gasteiger partial charge < -0.3 is 20.7 Å². The zero-order valence-corrected chi connectivity index (χ0v) is 21.2. The monoisotopic (exact) mass is 566 g/mol.